The highest BCUT2D eigenvalue weighted by Crippen LogP contribution is 2.36. The fourth-order valence-corrected chi connectivity index (χ4v) is 3.21. The third-order valence-electron chi connectivity index (χ3n) is 4.43. The smallest absolute Gasteiger partial charge is 0.297 e. The minimum Gasteiger partial charge on any atom is -0.457 e. The molecule has 0 aliphatic carbocycles. The van der Waals surface area contributed by atoms with Gasteiger partial charge in [-0.15, -0.1) is 0 Å². The zero-order valence-corrected chi connectivity index (χ0v) is 19.6. The molecule has 4 N–H and O–H groups in total. The zero-order valence-electron chi connectivity index (χ0n) is 18.0. The predicted octanol–water partition coefficient (Wildman–Crippen LogP) is 6.70. The first kappa shape index (κ1) is 25.0. The summed E-state index contributed by atoms with van der Waals surface area (Å²) in [5.41, 5.74) is 11.0. The predicted molar refractivity (Wildman–Crippen MR) is 136 cm³/mol. The van der Waals surface area contributed by atoms with Crippen LogP contribution in [-0.4, -0.2) is 9.85 Å². The van der Waals surface area contributed by atoms with Crippen molar-refractivity contribution in [2.45, 2.75) is 0 Å². The third kappa shape index (κ3) is 6.92. The first-order chi connectivity index (χ1) is 16.7. The number of nitrogens with two attached hydrogens (primary N) is 2. The average molecular weight is 539 g/mol. The molecule has 35 heavy (non-hydrogen) atoms. The lowest BCUT2D eigenvalue weighted by atomic mass is 10.2. The standard InChI is InChI=1S/C12H9BrN2O3.C12H10N2O3/c13-10-6-9(7-11(12(10)14)15(16)17)18-8-4-2-1-3-5-8;13-11-7-6-10(8-12(11)14(15)16)17-9-4-2-1-3-5-9/h1-7H,14H2;1-8H,13H2. The number of ether oxygens (including phenoxy) is 2. The second-order valence-corrected chi connectivity index (χ2v) is 7.76. The van der Waals surface area contributed by atoms with Gasteiger partial charge in [0.1, 0.15) is 34.4 Å². The summed E-state index contributed by atoms with van der Waals surface area (Å²) in [5, 5.41) is 21.5. The van der Waals surface area contributed by atoms with Crippen molar-refractivity contribution in [2.75, 3.05) is 11.5 Å². The fraction of sp³-hybridized carbons (Fsp3) is 0. The van der Waals surface area contributed by atoms with Gasteiger partial charge in [-0.05, 0) is 58.4 Å². The summed E-state index contributed by atoms with van der Waals surface area (Å²) in [7, 11) is 0. The Morgan fingerprint density at radius 2 is 1.11 bits per heavy atom. The van der Waals surface area contributed by atoms with Crippen LogP contribution in [0.25, 0.3) is 0 Å². The van der Waals surface area contributed by atoms with E-state index in [1.807, 2.05) is 36.4 Å². The van der Waals surface area contributed by atoms with Gasteiger partial charge in [-0.1, -0.05) is 36.4 Å². The van der Waals surface area contributed by atoms with Gasteiger partial charge in [-0.3, -0.25) is 20.2 Å². The maximum Gasteiger partial charge on any atom is 0.297 e. The Hall–Kier alpha value is -4.64. The molecule has 178 valence electrons. The Morgan fingerprint density at radius 1 is 0.629 bits per heavy atom. The first-order valence-electron chi connectivity index (χ1n) is 9.97. The van der Waals surface area contributed by atoms with Crippen LogP contribution in [0.15, 0.2) is 95.5 Å². The van der Waals surface area contributed by atoms with Gasteiger partial charge in [-0.25, -0.2) is 0 Å². The molecule has 0 aliphatic rings. The van der Waals surface area contributed by atoms with E-state index in [2.05, 4.69) is 15.9 Å². The van der Waals surface area contributed by atoms with Crippen LogP contribution >= 0.6 is 15.9 Å². The normalized spacial score (nSPS) is 9.97. The van der Waals surface area contributed by atoms with E-state index in [0.717, 1.165) is 0 Å². The molecule has 0 bridgehead atoms. The summed E-state index contributed by atoms with van der Waals surface area (Å²) < 4.78 is 11.4. The Labute approximate surface area is 208 Å². The van der Waals surface area contributed by atoms with E-state index in [9.17, 15) is 20.2 Å². The molecule has 0 spiro atoms. The van der Waals surface area contributed by atoms with Gasteiger partial charge < -0.3 is 20.9 Å². The minimum absolute atomic E-state index is 0.0837. The molecule has 0 atom stereocenters. The Balaban J connectivity index is 0.000000196. The molecule has 0 radical (unpaired) electrons. The molecule has 0 unspecified atom stereocenters. The lowest BCUT2D eigenvalue weighted by Crippen LogP contribution is -1.97. The number of rotatable bonds is 6. The number of halogens is 1. The van der Waals surface area contributed by atoms with Crippen molar-refractivity contribution in [2.24, 2.45) is 0 Å². The van der Waals surface area contributed by atoms with E-state index in [0.29, 0.717) is 27.5 Å². The summed E-state index contributed by atoms with van der Waals surface area (Å²) in [4.78, 5) is 20.4. The van der Waals surface area contributed by atoms with Crippen LogP contribution in [0.1, 0.15) is 0 Å². The first-order valence-corrected chi connectivity index (χ1v) is 10.8. The number of para-hydroxylation sites is 2. The number of hydrogen-bond donors (Lipinski definition) is 2. The van der Waals surface area contributed by atoms with E-state index in [4.69, 9.17) is 20.9 Å². The minimum atomic E-state index is -0.544. The van der Waals surface area contributed by atoms with E-state index in [1.54, 1.807) is 36.4 Å². The lowest BCUT2D eigenvalue weighted by Gasteiger charge is -2.07. The fourth-order valence-electron chi connectivity index (χ4n) is 2.78. The SMILES string of the molecule is Nc1c(Br)cc(Oc2ccccc2)cc1[N+](=O)[O-].Nc1ccc(Oc2ccccc2)cc1[N+](=O)[O-]. The summed E-state index contributed by atoms with van der Waals surface area (Å²) in [5.74, 6) is 1.96. The van der Waals surface area contributed by atoms with Crippen LogP contribution in [0.5, 0.6) is 23.0 Å². The van der Waals surface area contributed by atoms with Crippen LogP contribution in [-0.2, 0) is 0 Å². The molecule has 4 rings (SSSR count). The molecule has 0 fully saturated rings. The number of nitro benzene ring substituents is 2. The largest absolute Gasteiger partial charge is 0.457 e. The molecular weight excluding hydrogens is 520 g/mol. The second-order valence-electron chi connectivity index (χ2n) is 6.90. The van der Waals surface area contributed by atoms with Crippen LogP contribution in [0, 0.1) is 20.2 Å². The summed E-state index contributed by atoms with van der Waals surface area (Å²) in [6.07, 6.45) is 0. The van der Waals surface area contributed by atoms with Crippen molar-refractivity contribution >= 4 is 38.7 Å². The molecule has 11 heteroatoms. The summed E-state index contributed by atoms with van der Waals surface area (Å²) in [6, 6.07) is 25.3. The van der Waals surface area contributed by atoms with E-state index in [-0.39, 0.29) is 22.7 Å². The Bertz CT molecular complexity index is 1340. The van der Waals surface area contributed by atoms with Crippen molar-refractivity contribution in [3.8, 4) is 23.0 Å². The summed E-state index contributed by atoms with van der Waals surface area (Å²) in [6.45, 7) is 0. The topological polar surface area (TPSA) is 157 Å². The monoisotopic (exact) mass is 538 g/mol. The third-order valence-corrected chi connectivity index (χ3v) is 5.09. The van der Waals surface area contributed by atoms with Crippen LogP contribution < -0.4 is 20.9 Å². The van der Waals surface area contributed by atoms with Gasteiger partial charge in [0.2, 0.25) is 0 Å². The number of anilines is 2. The van der Waals surface area contributed by atoms with Crippen LogP contribution in [0.4, 0.5) is 22.7 Å². The number of nitro groups is 2. The molecule has 4 aromatic rings. The van der Waals surface area contributed by atoms with Crippen molar-refractivity contribution in [1.29, 1.82) is 0 Å². The summed E-state index contributed by atoms with van der Waals surface area (Å²) >= 11 is 3.17. The number of nitrogen functional groups attached to an aromatic ring is 2. The molecule has 0 saturated heterocycles. The van der Waals surface area contributed by atoms with E-state index < -0.39 is 9.85 Å². The quantitative estimate of drug-likeness (QED) is 0.156. The molecular formula is C24H19BrN4O6. The molecule has 0 aromatic heterocycles. The highest BCUT2D eigenvalue weighted by atomic mass is 79.9. The highest BCUT2D eigenvalue weighted by Gasteiger charge is 2.17. The molecule has 0 aliphatic heterocycles. The maximum absolute atomic E-state index is 10.8. The number of hydrogen-bond acceptors (Lipinski definition) is 8. The highest BCUT2D eigenvalue weighted by molar-refractivity contribution is 9.10. The maximum atomic E-state index is 10.8. The molecule has 10 nitrogen and oxygen atoms in total. The zero-order chi connectivity index (χ0) is 25.4. The van der Waals surface area contributed by atoms with Crippen molar-refractivity contribution in [3.05, 3.63) is 116 Å². The second kappa shape index (κ2) is 11.5. The van der Waals surface area contributed by atoms with Gasteiger partial charge in [-0.2, -0.15) is 0 Å². The van der Waals surface area contributed by atoms with E-state index >= 15 is 0 Å². The molecule has 0 saturated carbocycles. The Morgan fingerprint density at radius 3 is 1.63 bits per heavy atom. The van der Waals surface area contributed by atoms with Gasteiger partial charge in [0.05, 0.1) is 26.5 Å². The van der Waals surface area contributed by atoms with E-state index in [1.165, 1.54) is 18.2 Å². The molecule has 0 amide bonds. The number of nitrogens with zero attached hydrogens (tertiary/aromatic N) is 2. The van der Waals surface area contributed by atoms with Crippen molar-refractivity contribution in [3.63, 3.8) is 0 Å². The molecule has 4 aromatic carbocycles. The Kier molecular flexibility index (Phi) is 8.20. The van der Waals surface area contributed by atoms with Gasteiger partial charge >= 0.3 is 0 Å². The van der Waals surface area contributed by atoms with Gasteiger partial charge in [0.25, 0.3) is 11.4 Å². The van der Waals surface area contributed by atoms with Crippen molar-refractivity contribution < 1.29 is 19.3 Å². The number of benzene rings is 4. The average Bonchev–Trinajstić information content (AvgIpc) is 2.84. The van der Waals surface area contributed by atoms with Gasteiger partial charge in [0, 0.05) is 0 Å². The van der Waals surface area contributed by atoms with Crippen LogP contribution in [0.3, 0.4) is 0 Å². The molecule has 0 heterocycles. The lowest BCUT2D eigenvalue weighted by molar-refractivity contribution is -0.384. The van der Waals surface area contributed by atoms with Crippen molar-refractivity contribution in [1.82, 2.24) is 0 Å². The van der Waals surface area contributed by atoms with Gasteiger partial charge in [0.15, 0.2) is 0 Å². The van der Waals surface area contributed by atoms with Crippen LogP contribution in [0.2, 0.25) is 0 Å².